The van der Waals surface area contributed by atoms with E-state index in [2.05, 4.69) is 0 Å². The van der Waals surface area contributed by atoms with Crippen LogP contribution >= 0.6 is 0 Å². The Labute approximate surface area is 52.7 Å². The second-order valence-electron chi connectivity index (χ2n) is 1.92. The molecule has 3 N–H and O–H groups in total. The van der Waals surface area contributed by atoms with E-state index in [-0.39, 0.29) is 19.3 Å². The number of aliphatic hydroxyl groups is 3. The summed E-state index contributed by atoms with van der Waals surface area (Å²) in [4.78, 5) is 0. The van der Waals surface area contributed by atoms with E-state index in [1.807, 2.05) is 0 Å². The quantitative estimate of drug-likeness (QED) is 0.371. The van der Waals surface area contributed by atoms with Crippen molar-refractivity contribution in [2.75, 3.05) is 6.67 Å². The van der Waals surface area contributed by atoms with Gasteiger partial charge < -0.3 is 15.3 Å². The fourth-order valence-corrected chi connectivity index (χ4v) is 0.457. The lowest BCUT2D eigenvalue weighted by molar-refractivity contribution is -0.315. The van der Waals surface area contributed by atoms with Gasteiger partial charge in [-0.15, -0.1) is 0 Å². The second-order valence-corrected chi connectivity index (χ2v) is 1.92. The Balaban J connectivity index is 3.07. The van der Waals surface area contributed by atoms with Crippen LogP contribution < -0.4 is 0 Å². The maximum absolute atomic E-state index is 11.3. The maximum Gasteiger partial charge on any atom is 0.275 e. The molecule has 0 aromatic carbocycles. The highest BCUT2D eigenvalue weighted by Crippen LogP contribution is 2.06. The highest BCUT2D eigenvalue weighted by molar-refractivity contribution is 4.47. The number of rotatable bonds is 4. The minimum atomic E-state index is -2.62. The van der Waals surface area contributed by atoms with Crippen molar-refractivity contribution in [1.29, 1.82) is 0 Å². The van der Waals surface area contributed by atoms with Crippen LogP contribution in [0.3, 0.4) is 0 Å². The summed E-state index contributed by atoms with van der Waals surface area (Å²) >= 11 is 0. The molecule has 0 atom stereocenters. The minimum Gasteiger partial charge on any atom is -0.344 e. The predicted octanol–water partition coefficient (Wildman–Crippen LogP) is -0.243. The topological polar surface area (TPSA) is 60.7 Å². The zero-order valence-corrected chi connectivity index (χ0v) is 5.05. The first kappa shape index (κ1) is 8.81. The summed E-state index contributed by atoms with van der Waals surface area (Å²) in [5.41, 5.74) is 0. The molecule has 0 saturated carbocycles. The first-order valence-corrected chi connectivity index (χ1v) is 2.79. The van der Waals surface area contributed by atoms with Crippen molar-refractivity contribution in [3.63, 3.8) is 0 Å². The smallest absolute Gasteiger partial charge is 0.275 e. The lowest BCUT2D eigenvalue weighted by Crippen LogP contribution is -2.26. The zero-order valence-electron chi connectivity index (χ0n) is 5.05. The highest BCUT2D eigenvalue weighted by atomic mass is 19.1. The monoisotopic (exact) mass is 138 g/mol. The van der Waals surface area contributed by atoms with E-state index < -0.39 is 12.6 Å². The molecule has 56 valence electrons. The van der Waals surface area contributed by atoms with Crippen molar-refractivity contribution in [3.8, 4) is 0 Å². The van der Waals surface area contributed by atoms with Crippen LogP contribution in [-0.4, -0.2) is 28.0 Å². The molecule has 0 heterocycles. The third-order valence-corrected chi connectivity index (χ3v) is 0.896. The van der Waals surface area contributed by atoms with Gasteiger partial charge in [0.1, 0.15) is 0 Å². The summed E-state index contributed by atoms with van der Waals surface area (Å²) in [5, 5.41) is 24.7. The molecular weight excluding hydrogens is 127 g/mol. The lowest BCUT2D eigenvalue weighted by Gasteiger charge is -2.11. The molecule has 0 unspecified atom stereocenters. The number of hydrogen-bond donors (Lipinski definition) is 3. The van der Waals surface area contributed by atoms with Crippen LogP contribution in [0.15, 0.2) is 0 Å². The minimum absolute atomic E-state index is 0.198. The molecule has 0 aliphatic carbocycles. The average molecular weight is 138 g/mol. The Morgan fingerprint density at radius 3 is 2.00 bits per heavy atom. The summed E-state index contributed by atoms with van der Waals surface area (Å²) in [7, 11) is 0. The summed E-state index contributed by atoms with van der Waals surface area (Å²) in [6.45, 7) is -0.490. The van der Waals surface area contributed by atoms with Gasteiger partial charge in [0.15, 0.2) is 0 Å². The number of hydrogen-bond acceptors (Lipinski definition) is 3. The molecule has 9 heavy (non-hydrogen) atoms. The second kappa shape index (κ2) is 3.76. The molecule has 0 fully saturated rings. The highest BCUT2D eigenvalue weighted by Gasteiger charge is 2.16. The normalized spacial score (nSPS) is 12.0. The molecule has 0 rings (SSSR count). The standard InChI is InChI=1S/C5H11FO3/c6-4-2-1-3-5(7,8)9/h7-9H,1-4H2. The van der Waals surface area contributed by atoms with Crippen molar-refractivity contribution in [2.45, 2.75) is 25.2 Å². The molecule has 0 aliphatic rings. The van der Waals surface area contributed by atoms with Crippen molar-refractivity contribution >= 4 is 0 Å². The van der Waals surface area contributed by atoms with Crippen LogP contribution in [0.5, 0.6) is 0 Å². The van der Waals surface area contributed by atoms with Gasteiger partial charge in [-0.2, -0.15) is 0 Å². The molecule has 0 aromatic heterocycles. The molecule has 0 aromatic rings. The number of alkyl halides is 1. The fraction of sp³-hybridized carbons (Fsp3) is 1.00. The molecule has 0 spiro atoms. The molecule has 0 aliphatic heterocycles. The van der Waals surface area contributed by atoms with E-state index in [1.165, 1.54) is 0 Å². The predicted molar refractivity (Wildman–Crippen MR) is 29.2 cm³/mol. The first-order chi connectivity index (χ1) is 4.06. The van der Waals surface area contributed by atoms with Gasteiger partial charge in [0.25, 0.3) is 5.97 Å². The summed E-state index contributed by atoms with van der Waals surface area (Å²) in [6, 6.07) is 0. The van der Waals surface area contributed by atoms with Gasteiger partial charge in [-0.3, -0.25) is 4.39 Å². The maximum atomic E-state index is 11.3. The Hall–Kier alpha value is -0.190. The van der Waals surface area contributed by atoms with Crippen LogP contribution in [0.2, 0.25) is 0 Å². The fourth-order valence-electron chi connectivity index (χ4n) is 0.457. The molecule has 0 radical (unpaired) electrons. The van der Waals surface area contributed by atoms with E-state index in [0.29, 0.717) is 0 Å². The lowest BCUT2D eigenvalue weighted by atomic mass is 10.2. The average Bonchev–Trinajstić information content (AvgIpc) is 1.63. The Kier molecular flexibility index (Phi) is 3.68. The van der Waals surface area contributed by atoms with Gasteiger partial charge >= 0.3 is 0 Å². The van der Waals surface area contributed by atoms with Gasteiger partial charge in [-0.25, -0.2) is 0 Å². The van der Waals surface area contributed by atoms with Gasteiger partial charge in [0.05, 0.1) is 6.67 Å². The SMILES string of the molecule is OC(O)(O)CCCCF. The third-order valence-electron chi connectivity index (χ3n) is 0.896. The van der Waals surface area contributed by atoms with Crippen LogP contribution in [-0.2, 0) is 0 Å². The largest absolute Gasteiger partial charge is 0.344 e. The Bertz CT molecular complexity index is 69.1. The summed E-state index contributed by atoms with van der Waals surface area (Å²) < 4.78 is 11.3. The van der Waals surface area contributed by atoms with Crippen LogP contribution in [0.1, 0.15) is 19.3 Å². The van der Waals surface area contributed by atoms with Gasteiger partial charge in [0.2, 0.25) is 0 Å². The zero-order chi connectivity index (χ0) is 7.33. The molecule has 4 heteroatoms. The van der Waals surface area contributed by atoms with Gasteiger partial charge in [-0.05, 0) is 12.8 Å². The van der Waals surface area contributed by atoms with Crippen molar-refractivity contribution in [2.24, 2.45) is 0 Å². The summed E-state index contributed by atoms with van der Waals surface area (Å²) in [5.74, 6) is -2.62. The van der Waals surface area contributed by atoms with Crippen LogP contribution in [0, 0.1) is 0 Å². The van der Waals surface area contributed by atoms with E-state index in [1.54, 1.807) is 0 Å². The van der Waals surface area contributed by atoms with E-state index in [4.69, 9.17) is 15.3 Å². The van der Waals surface area contributed by atoms with Crippen molar-refractivity contribution in [3.05, 3.63) is 0 Å². The molecule has 0 amide bonds. The third kappa shape index (κ3) is 7.81. The van der Waals surface area contributed by atoms with E-state index in [0.717, 1.165) is 0 Å². The number of unbranched alkanes of at least 4 members (excludes halogenated alkanes) is 1. The van der Waals surface area contributed by atoms with E-state index in [9.17, 15) is 4.39 Å². The van der Waals surface area contributed by atoms with E-state index >= 15 is 0 Å². The molecule has 0 bridgehead atoms. The number of halogens is 1. The van der Waals surface area contributed by atoms with Crippen molar-refractivity contribution in [1.82, 2.24) is 0 Å². The van der Waals surface area contributed by atoms with Gasteiger partial charge in [0, 0.05) is 6.42 Å². The first-order valence-electron chi connectivity index (χ1n) is 2.79. The van der Waals surface area contributed by atoms with Crippen LogP contribution in [0.25, 0.3) is 0 Å². The Morgan fingerprint density at radius 2 is 1.67 bits per heavy atom. The van der Waals surface area contributed by atoms with Crippen molar-refractivity contribution < 1.29 is 19.7 Å². The molecular formula is C5H11FO3. The molecule has 0 saturated heterocycles. The summed E-state index contributed by atoms with van der Waals surface area (Å²) in [6.07, 6.45) is 0.334. The molecule has 3 nitrogen and oxygen atoms in total. The van der Waals surface area contributed by atoms with Crippen LogP contribution in [0.4, 0.5) is 4.39 Å². The Morgan fingerprint density at radius 1 is 1.11 bits per heavy atom. The van der Waals surface area contributed by atoms with Gasteiger partial charge in [-0.1, -0.05) is 0 Å².